The molecule has 2 amide bonds. The van der Waals surface area contributed by atoms with Crippen LogP contribution in [0.5, 0.6) is 0 Å². The van der Waals surface area contributed by atoms with Gasteiger partial charge < -0.3 is 15.2 Å². The third-order valence-electron chi connectivity index (χ3n) is 5.07. The van der Waals surface area contributed by atoms with Crippen molar-refractivity contribution < 1.29 is 9.59 Å². The van der Waals surface area contributed by atoms with Crippen LogP contribution in [0.1, 0.15) is 25.0 Å². The van der Waals surface area contributed by atoms with E-state index < -0.39 is 5.41 Å². The van der Waals surface area contributed by atoms with Crippen molar-refractivity contribution in [2.75, 3.05) is 13.6 Å². The molecule has 3 rings (SSSR count). The van der Waals surface area contributed by atoms with Crippen molar-refractivity contribution in [3.63, 3.8) is 0 Å². The molecule has 0 radical (unpaired) electrons. The van der Waals surface area contributed by atoms with E-state index in [-0.39, 0.29) is 11.8 Å². The molecule has 0 bridgehead atoms. The maximum atomic E-state index is 12.8. The number of nitrogens with one attached hydrogen (secondary N) is 2. The maximum Gasteiger partial charge on any atom is 0.237 e. The molecule has 5 heteroatoms. The second-order valence-electron chi connectivity index (χ2n) is 7.64. The number of fused-ring (bicyclic) bond motifs is 1. The Morgan fingerprint density at radius 2 is 1.71 bits per heavy atom. The van der Waals surface area contributed by atoms with Gasteiger partial charge in [0.05, 0.1) is 0 Å². The normalized spacial score (nSPS) is 11.4. The summed E-state index contributed by atoms with van der Waals surface area (Å²) >= 11 is 0. The summed E-state index contributed by atoms with van der Waals surface area (Å²) in [7, 11) is 1.73. The number of hydrogen-bond acceptors (Lipinski definition) is 2. The van der Waals surface area contributed by atoms with Gasteiger partial charge in [-0.1, -0.05) is 48.5 Å². The molecule has 2 N–H and O–H groups in total. The third-order valence-corrected chi connectivity index (χ3v) is 5.07. The quantitative estimate of drug-likeness (QED) is 0.619. The fraction of sp³-hybridized carbons (Fsp3) is 0.304. The Morgan fingerprint density at radius 3 is 2.46 bits per heavy atom. The van der Waals surface area contributed by atoms with Gasteiger partial charge in [0.2, 0.25) is 11.8 Å². The van der Waals surface area contributed by atoms with Crippen LogP contribution in [0.15, 0.2) is 60.8 Å². The van der Waals surface area contributed by atoms with Crippen molar-refractivity contribution in [3.05, 3.63) is 71.9 Å². The summed E-state index contributed by atoms with van der Waals surface area (Å²) in [5.41, 5.74) is 2.15. The van der Waals surface area contributed by atoms with Crippen LogP contribution < -0.4 is 5.32 Å². The molecule has 3 aromatic rings. The van der Waals surface area contributed by atoms with Gasteiger partial charge in [-0.2, -0.15) is 0 Å². The Hall–Kier alpha value is -3.08. The summed E-state index contributed by atoms with van der Waals surface area (Å²) in [5, 5.41) is 4.09. The average molecular weight is 377 g/mol. The largest absolute Gasteiger partial charge is 0.361 e. The summed E-state index contributed by atoms with van der Waals surface area (Å²) < 4.78 is 0. The molecule has 0 spiro atoms. The van der Waals surface area contributed by atoms with E-state index in [0.29, 0.717) is 19.5 Å². The SMILES string of the molecule is CN(Cc1ccccc1)C(=O)C(C)(C)C(=O)NCCc1c[nH]c2ccccc12. The van der Waals surface area contributed by atoms with Crippen LogP contribution in [0.25, 0.3) is 10.9 Å². The smallest absolute Gasteiger partial charge is 0.237 e. The number of benzene rings is 2. The highest BCUT2D eigenvalue weighted by molar-refractivity contribution is 6.04. The molecule has 0 atom stereocenters. The Bertz CT molecular complexity index is 960. The van der Waals surface area contributed by atoms with Crippen molar-refractivity contribution in [3.8, 4) is 0 Å². The van der Waals surface area contributed by atoms with Crippen LogP contribution in [-0.2, 0) is 22.6 Å². The summed E-state index contributed by atoms with van der Waals surface area (Å²) in [6.45, 7) is 4.32. The summed E-state index contributed by atoms with van der Waals surface area (Å²) in [5.74, 6) is -0.446. The first-order valence-electron chi connectivity index (χ1n) is 9.52. The minimum absolute atomic E-state index is 0.194. The zero-order valence-electron chi connectivity index (χ0n) is 16.7. The summed E-state index contributed by atoms with van der Waals surface area (Å²) in [6.07, 6.45) is 2.68. The second-order valence-corrected chi connectivity index (χ2v) is 7.64. The third kappa shape index (κ3) is 4.25. The van der Waals surface area contributed by atoms with E-state index in [1.54, 1.807) is 25.8 Å². The van der Waals surface area contributed by atoms with Crippen LogP contribution in [0.2, 0.25) is 0 Å². The van der Waals surface area contributed by atoms with E-state index in [1.807, 2.05) is 54.7 Å². The zero-order valence-corrected chi connectivity index (χ0v) is 16.7. The lowest BCUT2D eigenvalue weighted by molar-refractivity contribution is -0.148. The van der Waals surface area contributed by atoms with Gasteiger partial charge in [-0.15, -0.1) is 0 Å². The minimum Gasteiger partial charge on any atom is -0.361 e. The van der Waals surface area contributed by atoms with Crippen molar-refractivity contribution in [2.45, 2.75) is 26.8 Å². The lowest BCUT2D eigenvalue weighted by Gasteiger charge is -2.28. The molecule has 0 aliphatic heterocycles. The number of amides is 2. The predicted octanol–water partition coefficient (Wildman–Crippen LogP) is 3.51. The van der Waals surface area contributed by atoms with Gasteiger partial charge in [0.1, 0.15) is 5.41 Å². The molecule has 2 aromatic carbocycles. The maximum absolute atomic E-state index is 12.8. The van der Waals surface area contributed by atoms with Gasteiger partial charge in [0.25, 0.3) is 0 Å². The van der Waals surface area contributed by atoms with Gasteiger partial charge in [-0.3, -0.25) is 9.59 Å². The number of aromatic nitrogens is 1. The Labute approximate surface area is 165 Å². The summed E-state index contributed by atoms with van der Waals surface area (Å²) in [6, 6.07) is 17.8. The number of carbonyl (C=O) groups is 2. The van der Waals surface area contributed by atoms with Gasteiger partial charge in [-0.05, 0) is 37.5 Å². The van der Waals surface area contributed by atoms with Crippen molar-refractivity contribution >= 4 is 22.7 Å². The number of H-pyrrole nitrogens is 1. The lowest BCUT2D eigenvalue weighted by Crippen LogP contribution is -2.48. The van der Waals surface area contributed by atoms with Crippen molar-refractivity contribution in [2.24, 2.45) is 5.41 Å². The molecule has 0 saturated carbocycles. The number of rotatable bonds is 7. The Morgan fingerprint density at radius 1 is 1.04 bits per heavy atom. The number of carbonyl (C=O) groups excluding carboxylic acids is 2. The molecule has 1 heterocycles. The van der Waals surface area contributed by atoms with E-state index in [9.17, 15) is 9.59 Å². The van der Waals surface area contributed by atoms with Gasteiger partial charge in [0, 0.05) is 37.2 Å². The molecule has 0 aliphatic carbocycles. The van der Waals surface area contributed by atoms with Crippen LogP contribution in [0.3, 0.4) is 0 Å². The standard InChI is InChI=1S/C23H27N3O2/c1-23(2,22(28)26(3)16-17-9-5-4-6-10-17)21(27)24-14-13-18-15-25-20-12-8-7-11-19(18)20/h4-12,15,25H,13-14,16H2,1-3H3,(H,24,27). The molecule has 0 unspecified atom stereocenters. The molecular weight excluding hydrogens is 350 g/mol. The second kappa shape index (κ2) is 8.30. The highest BCUT2D eigenvalue weighted by atomic mass is 16.2. The van der Waals surface area contributed by atoms with Crippen LogP contribution >= 0.6 is 0 Å². The monoisotopic (exact) mass is 377 g/mol. The van der Waals surface area contributed by atoms with E-state index >= 15 is 0 Å². The zero-order chi connectivity index (χ0) is 20.1. The average Bonchev–Trinajstić information content (AvgIpc) is 3.11. The molecule has 146 valence electrons. The number of aromatic amines is 1. The van der Waals surface area contributed by atoms with E-state index in [0.717, 1.165) is 22.0 Å². The van der Waals surface area contributed by atoms with Crippen molar-refractivity contribution in [1.82, 2.24) is 15.2 Å². The van der Waals surface area contributed by atoms with Gasteiger partial charge in [-0.25, -0.2) is 0 Å². The fourth-order valence-electron chi connectivity index (χ4n) is 3.37. The Kier molecular flexibility index (Phi) is 5.83. The van der Waals surface area contributed by atoms with Crippen LogP contribution in [-0.4, -0.2) is 35.3 Å². The predicted molar refractivity (Wildman–Crippen MR) is 112 cm³/mol. The molecule has 5 nitrogen and oxygen atoms in total. The number of hydrogen-bond donors (Lipinski definition) is 2. The molecule has 0 saturated heterocycles. The molecule has 28 heavy (non-hydrogen) atoms. The van der Waals surface area contributed by atoms with Crippen molar-refractivity contribution in [1.29, 1.82) is 0 Å². The topological polar surface area (TPSA) is 65.2 Å². The van der Waals surface area contributed by atoms with E-state index in [1.165, 1.54) is 0 Å². The van der Waals surface area contributed by atoms with Crippen LogP contribution in [0.4, 0.5) is 0 Å². The molecule has 1 aromatic heterocycles. The molecule has 0 fully saturated rings. The minimum atomic E-state index is -1.12. The first-order chi connectivity index (χ1) is 13.4. The fourth-order valence-corrected chi connectivity index (χ4v) is 3.37. The van der Waals surface area contributed by atoms with E-state index in [4.69, 9.17) is 0 Å². The first kappa shape index (κ1) is 19.7. The highest BCUT2D eigenvalue weighted by Gasteiger charge is 2.37. The molecular formula is C23H27N3O2. The lowest BCUT2D eigenvalue weighted by atomic mass is 9.90. The number of para-hydroxylation sites is 1. The van der Waals surface area contributed by atoms with E-state index in [2.05, 4.69) is 16.4 Å². The highest BCUT2D eigenvalue weighted by Crippen LogP contribution is 2.21. The van der Waals surface area contributed by atoms with Gasteiger partial charge in [0.15, 0.2) is 0 Å². The number of nitrogens with zero attached hydrogens (tertiary/aromatic N) is 1. The van der Waals surface area contributed by atoms with Crippen LogP contribution in [0, 0.1) is 5.41 Å². The molecule has 0 aliphatic rings. The van der Waals surface area contributed by atoms with Gasteiger partial charge >= 0.3 is 0 Å². The Balaban J connectivity index is 1.56. The summed E-state index contributed by atoms with van der Waals surface area (Å²) in [4.78, 5) is 30.4. The first-order valence-corrected chi connectivity index (χ1v) is 9.52.